The summed E-state index contributed by atoms with van der Waals surface area (Å²) in [5, 5.41) is 18.2. The van der Waals surface area contributed by atoms with Gasteiger partial charge in [0.2, 0.25) is 0 Å². The van der Waals surface area contributed by atoms with Crippen molar-refractivity contribution in [1.29, 1.82) is 0 Å². The normalized spacial score (nSPS) is 29.6. The molecule has 19 heavy (non-hydrogen) atoms. The highest BCUT2D eigenvalue weighted by Crippen LogP contribution is 2.50. The third kappa shape index (κ3) is 2.21. The molecule has 1 fully saturated rings. The number of nitrogen functional groups attached to an aromatic ring is 1. The van der Waals surface area contributed by atoms with Crippen LogP contribution in [0.5, 0.6) is 0 Å². The highest BCUT2D eigenvalue weighted by Gasteiger charge is 2.57. The number of aromatic nitrogens is 2. The summed E-state index contributed by atoms with van der Waals surface area (Å²) in [6.45, 7) is -1.21. The van der Waals surface area contributed by atoms with E-state index in [1.54, 1.807) is 0 Å². The molecule has 1 aromatic rings. The average molecular weight is 275 g/mol. The molecular weight excluding hydrogens is 260 g/mol. The van der Waals surface area contributed by atoms with E-state index in [0.29, 0.717) is 0 Å². The van der Waals surface area contributed by atoms with Crippen LogP contribution in [0.3, 0.4) is 0 Å². The number of nitrogens with two attached hydrogens (primary N) is 1. The predicted octanol–water partition coefficient (Wildman–Crippen LogP) is -0.377. The van der Waals surface area contributed by atoms with Crippen molar-refractivity contribution >= 4 is 5.82 Å². The molecule has 0 amide bonds. The zero-order valence-corrected chi connectivity index (χ0v) is 10.0. The van der Waals surface area contributed by atoms with Crippen LogP contribution in [0.15, 0.2) is 17.1 Å². The molecule has 0 radical (unpaired) electrons. The summed E-state index contributed by atoms with van der Waals surface area (Å²) < 4.78 is 29.2. The van der Waals surface area contributed by atoms with Gasteiger partial charge in [-0.25, -0.2) is 13.6 Å². The zero-order chi connectivity index (χ0) is 14.2. The van der Waals surface area contributed by atoms with Gasteiger partial charge >= 0.3 is 5.69 Å². The molecule has 1 heterocycles. The Balaban J connectivity index is 2.42. The van der Waals surface area contributed by atoms with E-state index in [9.17, 15) is 13.6 Å². The quantitative estimate of drug-likeness (QED) is 0.698. The van der Waals surface area contributed by atoms with Gasteiger partial charge in [-0.15, -0.1) is 0 Å². The fourth-order valence-electron chi connectivity index (χ4n) is 2.60. The molecule has 1 saturated carbocycles. The Labute approximate surface area is 107 Å². The average Bonchev–Trinajstić information content (AvgIpc) is 2.60. The van der Waals surface area contributed by atoms with Crippen molar-refractivity contribution in [2.24, 2.45) is 11.8 Å². The first kappa shape index (κ1) is 13.9. The van der Waals surface area contributed by atoms with Crippen LogP contribution in [-0.2, 0) is 0 Å². The maximum atomic E-state index is 14.2. The monoisotopic (exact) mass is 275 g/mol. The first-order valence-electron chi connectivity index (χ1n) is 5.86. The summed E-state index contributed by atoms with van der Waals surface area (Å²) in [7, 11) is 0. The number of anilines is 1. The van der Waals surface area contributed by atoms with E-state index < -0.39 is 42.7 Å². The van der Waals surface area contributed by atoms with Crippen molar-refractivity contribution in [1.82, 2.24) is 9.55 Å². The Kier molecular flexibility index (Phi) is 3.55. The van der Waals surface area contributed by atoms with E-state index in [1.165, 1.54) is 6.07 Å². The summed E-state index contributed by atoms with van der Waals surface area (Å²) in [5.74, 6) is -5.45. The molecular formula is C11H15F2N3O3. The Morgan fingerprint density at radius 1 is 1.47 bits per heavy atom. The van der Waals surface area contributed by atoms with E-state index in [2.05, 4.69) is 4.98 Å². The third-order valence-corrected chi connectivity index (χ3v) is 3.65. The first-order valence-corrected chi connectivity index (χ1v) is 5.86. The van der Waals surface area contributed by atoms with Crippen molar-refractivity contribution in [3.05, 3.63) is 22.7 Å². The largest absolute Gasteiger partial charge is 0.396 e. The molecule has 106 valence electrons. The van der Waals surface area contributed by atoms with Crippen molar-refractivity contribution in [2.75, 3.05) is 18.9 Å². The minimum absolute atomic E-state index is 0.0417. The number of halogens is 2. The van der Waals surface area contributed by atoms with Crippen LogP contribution < -0.4 is 11.4 Å². The van der Waals surface area contributed by atoms with Crippen molar-refractivity contribution in [3.8, 4) is 0 Å². The molecule has 1 aliphatic carbocycles. The second-order valence-corrected chi connectivity index (χ2v) is 4.70. The zero-order valence-electron chi connectivity index (χ0n) is 10.0. The molecule has 0 saturated heterocycles. The van der Waals surface area contributed by atoms with Crippen molar-refractivity contribution in [3.63, 3.8) is 0 Å². The molecule has 2 rings (SSSR count). The van der Waals surface area contributed by atoms with Crippen molar-refractivity contribution < 1.29 is 19.0 Å². The van der Waals surface area contributed by atoms with E-state index >= 15 is 0 Å². The molecule has 0 bridgehead atoms. The Morgan fingerprint density at radius 2 is 2.16 bits per heavy atom. The Hall–Kier alpha value is -1.54. The second kappa shape index (κ2) is 4.86. The number of nitrogens with zero attached hydrogens (tertiary/aromatic N) is 2. The molecule has 0 aliphatic heterocycles. The minimum Gasteiger partial charge on any atom is -0.396 e. The van der Waals surface area contributed by atoms with Gasteiger partial charge in [-0.3, -0.25) is 4.57 Å². The van der Waals surface area contributed by atoms with Gasteiger partial charge in [-0.05, 0) is 18.4 Å². The standard InChI is InChI=1S/C11H15F2N3O3/c12-11(13)7(5-18)6(4-17)3-8(11)16-2-1-9(14)15-10(16)19/h1-2,6-8,17-18H,3-5H2,(H2,14,15,19). The third-order valence-electron chi connectivity index (χ3n) is 3.65. The molecule has 0 aromatic carbocycles. The number of aliphatic hydroxyl groups excluding tert-OH is 2. The molecule has 3 unspecified atom stereocenters. The lowest BCUT2D eigenvalue weighted by atomic mass is 9.96. The Bertz CT molecular complexity index is 520. The number of alkyl halides is 2. The first-order chi connectivity index (χ1) is 8.91. The van der Waals surface area contributed by atoms with Gasteiger partial charge in [0, 0.05) is 12.8 Å². The minimum atomic E-state index is -3.29. The lowest BCUT2D eigenvalue weighted by Crippen LogP contribution is -2.39. The maximum absolute atomic E-state index is 14.2. The molecule has 4 N–H and O–H groups in total. The van der Waals surface area contributed by atoms with Crippen LogP contribution in [0.2, 0.25) is 0 Å². The number of hydrogen-bond donors (Lipinski definition) is 3. The molecule has 6 nitrogen and oxygen atoms in total. The van der Waals surface area contributed by atoms with E-state index in [-0.39, 0.29) is 12.2 Å². The number of aliphatic hydroxyl groups is 2. The lowest BCUT2D eigenvalue weighted by molar-refractivity contribution is -0.0946. The molecule has 1 aliphatic rings. The molecule has 0 spiro atoms. The Morgan fingerprint density at radius 3 is 2.63 bits per heavy atom. The molecule has 1 aromatic heterocycles. The van der Waals surface area contributed by atoms with Crippen LogP contribution >= 0.6 is 0 Å². The van der Waals surface area contributed by atoms with Gasteiger partial charge in [0.1, 0.15) is 11.9 Å². The fraction of sp³-hybridized carbons (Fsp3) is 0.636. The smallest absolute Gasteiger partial charge is 0.349 e. The van der Waals surface area contributed by atoms with Crippen molar-refractivity contribution in [2.45, 2.75) is 18.4 Å². The highest BCUT2D eigenvalue weighted by molar-refractivity contribution is 5.24. The van der Waals surface area contributed by atoms with Gasteiger partial charge in [0.25, 0.3) is 5.92 Å². The SMILES string of the molecule is Nc1ccn(C2CC(CO)C(CO)C2(F)F)c(=O)n1. The summed E-state index contributed by atoms with van der Waals surface area (Å²) in [6.07, 6.45) is 1.07. The van der Waals surface area contributed by atoms with Crippen LogP contribution in [0.1, 0.15) is 12.5 Å². The van der Waals surface area contributed by atoms with Gasteiger partial charge in [0.05, 0.1) is 12.5 Å². The van der Waals surface area contributed by atoms with Gasteiger partial charge in [-0.2, -0.15) is 4.98 Å². The van der Waals surface area contributed by atoms with E-state index in [4.69, 9.17) is 15.9 Å². The summed E-state index contributed by atoms with van der Waals surface area (Å²) >= 11 is 0. The maximum Gasteiger partial charge on any atom is 0.349 e. The number of hydrogen-bond acceptors (Lipinski definition) is 5. The van der Waals surface area contributed by atoms with Gasteiger partial charge in [0.15, 0.2) is 0 Å². The molecule has 8 heteroatoms. The number of rotatable bonds is 3. The predicted molar refractivity (Wildman–Crippen MR) is 62.7 cm³/mol. The van der Waals surface area contributed by atoms with Crippen LogP contribution in [-0.4, -0.2) is 38.9 Å². The summed E-state index contributed by atoms with van der Waals surface area (Å²) in [4.78, 5) is 15.0. The second-order valence-electron chi connectivity index (χ2n) is 4.70. The topological polar surface area (TPSA) is 101 Å². The highest BCUT2D eigenvalue weighted by atomic mass is 19.3. The van der Waals surface area contributed by atoms with E-state index in [0.717, 1.165) is 10.8 Å². The van der Waals surface area contributed by atoms with E-state index in [1.807, 2.05) is 0 Å². The van der Waals surface area contributed by atoms with Gasteiger partial charge in [-0.1, -0.05) is 0 Å². The summed E-state index contributed by atoms with van der Waals surface area (Å²) in [6, 6.07) is -0.167. The van der Waals surface area contributed by atoms with Gasteiger partial charge < -0.3 is 15.9 Å². The van der Waals surface area contributed by atoms with Crippen LogP contribution in [0.4, 0.5) is 14.6 Å². The molecule has 3 atom stereocenters. The summed E-state index contributed by atoms with van der Waals surface area (Å²) in [5.41, 5.74) is 4.45. The van der Waals surface area contributed by atoms with Crippen LogP contribution in [0, 0.1) is 11.8 Å². The van der Waals surface area contributed by atoms with Crippen LogP contribution in [0.25, 0.3) is 0 Å². The lowest BCUT2D eigenvalue weighted by Gasteiger charge is -2.25. The fourth-order valence-corrected chi connectivity index (χ4v) is 2.60.